The highest BCUT2D eigenvalue weighted by Crippen LogP contribution is 2.45. The third-order valence-corrected chi connectivity index (χ3v) is 5.93. The fourth-order valence-corrected chi connectivity index (χ4v) is 3.64. The fraction of sp³-hybridized carbons (Fsp3) is 0.136. The van der Waals surface area contributed by atoms with Crippen LogP contribution in [0.2, 0.25) is 20.1 Å². The molecule has 0 spiro atoms. The molecule has 3 rings (SSSR count). The molecule has 0 aromatic heterocycles. The van der Waals surface area contributed by atoms with E-state index in [1.165, 1.54) is 5.56 Å². The summed E-state index contributed by atoms with van der Waals surface area (Å²) in [5.74, 6) is -0.732. The van der Waals surface area contributed by atoms with E-state index >= 15 is 0 Å². The first-order chi connectivity index (χ1) is 14.0. The Balaban J connectivity index is 0.000000269. The molecule has 1 amide bonds. The summed E-state index contributed by atoms with van der Waals surface area (Å²) in [6, 6.07) is 12.6. The molecule has 3 aromatic carbocycles. The third-order valence-electron chi connectivity index (χ3n) is 4.14. The molecule has 0 heterocycles. The molecule has 0 saturated carbocycles. The zero-order valence-corrected chi connectivity index (χ0v) is 19.4. The number of nitrogens with one attached hydrogen (secondary N) is 1. The van der Waals surface area contributed by atoms with Gasteiger partial charge in [-0.2, -0.15) is 0 Å². The van der Waals surface area contributed by atoms with Crippen LogP contribution in [-0.2, 0) is 0 Å². The number of amides is 1. The summed E-state index contributed by atoms with van der Waals surface area (Å²) < 4.78 is 0. The SMILES string of the molecule is Cc1cc(C)c(O)c(C)c1.O=C(Nc1ccccc1)c1c(O)c(Cl)c(Cl)c(Cl)c1Cl. The summed E-state index contributed by atoms with van der Waals surface area (Å²) in [6.45, 7) is 5.85. The lowest BCUT2D eigenvalue weighted by molar-refractivity contribution is 0.102. The predicted molar refractivity (Wildman–Crippen MR) is 125 cm³/mol. The van der Waals surface area contributed by atoms with Crippen LogP contribution < -0.4 is 5.32 Å². The first-order valence-corrected chi connectivity index (χ1v) is 10.2. The van der Waals surface area contributed by atoms with Crippen molar-refractivity contribution in [3.63, 3.8) is 0 Å². The van der Waals surface area contributed by atoms with Crippen LogP contribution in [0.15, 0.2) is 42.5 Å². The Hall–Kier alpha value is -2.11. The number of rotatable bonds is 2. The average Bonchev–Trinajstić information content (AvgIpc) is 2.70. The Morgan fingerprint density at radius 3 is 1.80 bits per heavy atom. The van der Waals surface area contributed by atoms with Crippen molar-refractivity contribution in [1.29, 1.82) is 0 Å². The first kappa shape index (κ1) is 24.2. The van der Waals surface area contributed by atoms with Crippen molar-refractivity contribution in [2.24, 2.45) is 0 Å². The Labute approximate surface area is 195 Å². The number of carbonyl (C=O) groups excluding carboxylic acids is 1. The minimum absolute atomic E-state index is 0.0886. The second-order valence-corrected chi connectivity index (χ2v) is 8.06. The number of phenols is 2. The summed E-state index contributed by atoms with van der Waals surface area (Å²) in [5, 5.41) is 21.2. The molecule has 0 aliphatic rings. The molecule has 0 saturated heterocycles. The maximum Gasteiger partial charge on any atom is 0.261 e. The highest BCUT2D eigenvalue weighted by Gasteiger charge is 2.24. The minimum atomic E-state index is -0.640. The number of hydrogen-bond acceptors (Lipinski definition) is 3. The fourth-order valence-electron chi connectivity index (χ4n) is 2.71. The maximum atomic E-state index is 12.2. The zero-order valence-electron chi connectivity index (χ0n) is 16.4. The van der Waals surface area contributed by atoms with Crippen LogP contribution >= 0.6 is 46.4 Å². The summed E-state index contributed by atoms with van der Waals surface area (Å²) in [6.07, 6.45) is 0. The molecule has 0 aliphatic heterocycles. The number of aryl methyl sites for hydroxylation is 3. The monoisotopic (exact) mass is 485 g/mol. The number of aromatic hydroxyl groups is 2. The Kier molecular flexibility index (Phi) is 8.27. The van der Waals surface area contributed by atoms with E-state index in [0.717, 1.165) is 11.1 Å². The van der Waals surface area contributed by atoms with Gasteiger partial charge in [-0.1, -0.05) is 82.3 Å². The molecule has 3 aromatic rings. The van der Waals surface area contributed by atoms with Crippen molar-refractivity contribution in [3.05, 3.63) is 84.8 Å². The summed E-state index contributed by atoms with van der Waals surface area (Å²) in [5.41, 5.74) is 3.42. The lowest BCUT2D eigenvalue weighted by Gasteiger charge is -2.12. The van der Waals surface area contributed by atoms with Crippen molar-refractivity contribution in [2.75, 3.05) is 5.32 Å². The quantitative estimate of drug-likeness (QED) is 0.258. The highest BCUT2D eigenvalue weighted by molar-refractivity contribution is 6.53. The van der Waals surface area contributed by atoms with Crippen molar-refractivity contribution in [2.45, 2.75) is 20.8 Å². The van der Waals surface area contributed by atoms with E-state index in [9.17, 15) is 15.0 Å². The summed E-state index contributed by atoms with van der Waals surface area (Å²) in [4.78, 5) is 12.2. The molecule has 0 aliphatic carbocycles. The number of anilines is 1. The lowest BCUT2D eigenvalue weighted by atomic mass is 10.1. The van der Waals surface area contributed by atoms with E-state index in [1.54, 1.807) is 30.3 Å². The van der Waals surface area contributed by atoms with E-state index in [1.807, 2.05) is 32.9 Å². The molecular weight excluding hydrogens is 468 g/mol. The smallest absolute Gasteiger partial charge is 0.261 e. The summed E-state index contributed by atoms with van der Waals surface area (Å²) in [7, 11) is 0. The van der Waals surface area contributed by atoms with Gasteiger partial charge in [0.1, 0.15) is 22.1 Å². The Morgan fingerprint density at radius 1 is 0.767 bits per heavy atom. The molecule has 4 nitrogen and oxygen atoms in total. The highest BCUT2D eigenvalue weighted by atomic mass is 35.5. The number of halogens is 4. The number of para-hydroxylation sites is 1. The third kappa shape index (κ3) is 5.52. The van der Waals surface area contributed by atoms with Crippen LogP contribution in [0.5, 0.6) is 11.5 Å². The average molecular weight is 487 g/mol. The van der Waals surface area contributed by atoms with Gasteiger partial charge >= 0.3 is 0 Å². The van der Waals surface area contributed by atoms with Gasteiger partial charge in [-0.25, -0.2) is 0 Å². The van der Waals surface area contributed by atoms with Crippen LogP contribution in [0, 0.1) is 20.8 Å². The van der Waals surface area contributed by atoms with Crippen LogP contribution in [0.1, 0.15) is 27.0 Å². The molecule has 0 bridgehead atoms. The van der Waals surface area contributed by atoms with Crippen LogP contribution in [-0.4, -0.2) is 16.1 Å². The molecule has 30 heavy (non-hydrogen) atoms. The molecule has 8 heteroatoms. The van der Waals surface area contributed by atoms with Crippen LogP contribution in [0.25, 0.3) is 0 Å². The van der Waals surface area contributed by atoms with Crippen LogP contribution in [0.3, 0.4) is 0 Å². The number of hydrogen-bond donors (Lipinski definition) is 3. The minimum Gasteiger partial charge on any atom is -0.507 e. The normalized spacial score (nSPS) is 10.2. The van der Waals surface area contributed by atoms with Gasteiger partial charge < -0.3 is 15.5 Å². The van der Waals surface area contributed by atoms with Gasteiger partial charge in [0.25, 0.3) is 5.91 Å². The first-order valence-electron chi connectivity index (χ1n) is 8.72. The van der Waals surface area contributed by atoms with E-state index in [-0.39, 0.29) is 25.7 Å². The van der Waals surface area contributed by atoms with Gasteiger partial charge in [0.2, 0.25) is 0 Å². The van der Waals surface area contributed by atoms with Crippen molar-refractivity contribution in [3.8, 4) is 11.5 Å². The number of carbonyl (C=O) groups is 1. The van der Waals surface area contributed by atoms with E-state index < -0.39 is 11.7 Å². The van der Waals surface area contributed by atoms with Gasteiger partial charge in [-0.05, 0) is 44.0 Å². The van der Waals surface area contributed by atoms with Crippen molar-refractivity contribution < 1.29 is 15.0 Å². The van der Waals surface area contributed by atoms with E-state index in [4.69, 9.17) is 46.4 Å². The Bertz CT molecular complexity index is 1030. The van der Waals surface area contributed by atoms with Gasteiger partial charge in [-0.3, -0.25) is 4.79 Å². The van der Waals surface area contributed by atoms with E-state index in [0.29, 0.717) is 11.4 Å². The second-order valence-electron chi connectivity index (χ2n) is 6.55. The lowest BCUT2D eigenvalue weighted by Crippen LogP contribution is -2.13. The number of phenolic OH excluding ortho intramolecular Hbond substituents is 2. The second kappa shape index (κ2) is 10.3. The molecule has 0 atom stereocenters. The van der Waals surface area contributed by atoms with E-state index in [2.05, 4.69) is 5.32 Å². The van der Waals surface area contributed by atoms with Crippen molar-refractivity contribution >= 4 is 58.0 Å². The van der Waals surface area contributed by atoms with Crippen molar-refractivity contribution in [1.82, 2.24) is 0 Å². The number of benzene rings is 3. The van der Waals surface area contributed by atoms with Gasteiger partial charge in [0.05, 0.1) is 15.1 Å². The topological polar surface area (TPSA) is 69.6 Å². The van der Waals surface area contributed by atoms with Gasteiger partial charge in [-0.15, -0.1) is 0 Å². The molecule has 158 valence electrons. The van der Waals surface area contributed by atoms with Gasteiger partial charge in [0.15, 0.2) is 0 Å². The Morgan fingerprint density at radius 2 is 1.27 bits per heavy atom. The maximum absolute atomic E-state index is 12.2. The molecule has 0 unspecified atom stereocenters. The largest absolute Gasteiger partial charge is 0.507 e. The van der Waals surface area contributed by atoms with Gasteiger partial charge in [0, 0.05) is 5.69 Å². The van der Waals surface area contributed by atoms with Crippen LogP contribution in [0.4, 0.5) is 5.69 Å². The molecule has 3 N–H and O–H groups in total. The zero-order chi connectivity index (χ0) is 22.6. The molecule has 0 radical (unpaired) electrons. The predicted octanol–water partition coefficient (Wildman–Crippen LogP) is 7.58. The molecular formula is C22H19Cl4NO3. The summed E-state index contributed by atoms with van der Waals surface area (Å²) >= 11 is 23.4. The molecule has 0 fully saturated rings. The standard InChI is InChI=1S/C13H7Cl4NO2.C9H12O/c14-8-7(12(19)11(17)10(16)9(8)15)13(20)18-6-4-2-1-3-5-6;1-6-4-7(2)9(10)8(3)5-6/h1-5,19H,(H,18,20);4-5,10H,1-3H3.